The van der Waals surface area contributed by atoms with Crippen molar-refractivity contribution in [3.8, 4) is 0 Å². The van der Waals surface area contributed by atoms with E-state index >= 15 is 0 Å². The second kappa shape index (κ2) is 7.70. The Bertz CT molecular complexity index is 939. The van der Waals surface area contributed by atoms with Gasteiger partial charge in [-0.1, -0.05) is 12.1 Å². The van der Waals surface area contributed by atoms with Crippen LogP contribution in [0.4, 0.5) is 5.69 Å². The Morgan fingerprint density at radius 1 is 1.15 bits per heavy atom. The Kier molecular flexibility index (Phi) is 5.53. The van der Waals surface area contributed by atoms with Crippen LogP contribution in [-0.2, 0) is 10.0 Å². The number of aryl methyl sites for hydroxylation is 2. The Balaban J connectivity index is 1.77. The first-order valence-electron chi connectivity index (χ1n) is 9.00. The molecule has 0 radical (unpaired) electrons. The molecule has 144 valence electrons. The summed E-state index contributed by atoms with van der Waals surface area (Å²) in [6, 6.07) is 12.0. The van der Waals surface area contributed by atoms with Gasteiger partial charge in [0.15, 0.2) is 0 Å². The predicted molar refractivity (Wildman–Crippen MR) is 107 cm³/mol. The molecule has 2 N–H and O–H groups in total. The third-order valence-corrected chi connectivity index (χ3v) is 6.30. The van der Waals surface area contributed by atoms with Crippen LogP contribution in [0.3, 0.4) is 0 Å². The van der Waals surface area contributed by atoms with Gasteiger partial charge in [0.1, 0.15) is 0 Å². The highest BCUT2D eigenvalue weighted by Gasteiger charge is 2.24. The minimum absolute atomic E-state index is 0.0343. The van der Waals surface area contributed by atoms with Crippen LogP contribution in [0.5, 0.6) is 0 Å². The van der Waals surface area contributed by atoms with E-state index in [1.807, 2.05) is 24.8 Å². The molecule has 0 saturated carbocycles. The standard InChI is InChI=1S/C20H25N3O3S/c1-14-4-5-15(2)19(12-14)27(25,26)22-18-8-6-17(7-9-18)20(24)23-11-10-21-13-16(23)3/h4-9,12,16,21-22H,10-11,13H2,1-3H3/t16-/m0/s1. The number of piperazine rings is 1. The Morgan fingerprint density at radius 3 is 2.52 bits per heavy atom. The van der Waals surface area contributed by atoms with Crippen LogP contribution in [0, 0.1) is 13.8 Å². The van der Waals surface area contributed by atoms with Gasteiger partial charge in [-0.3, -0.25) is 9.52 Å². The third-order valence-electron chi connectivity index (χ3n) is 4.78. The number of anilines is 1. The Labute approximate surface area is 160 Å². The summed E-state index contributed by atoms with van der Waals surface area (Å²) >= 11 is 0. The van der Waals surface area contributed by atoms with Crippen molar-refractivity contribution in [3.05, 3.63) is 59.2 Å². The van der Waals surface area contributed by atoms with Crippen LogP contribution in [-0.4, -0.2) is 44.9 Å². The fourth-order valence-electron chi connectivity index (χ4n) is 3.20. The smallest absolute Gasteiger partial charge is 0.262 e. The molecule has 0 spiro atoms. The summed E-state index contributed by atoms with van der Waals surface area (Å²) in [6.45, 7) is 7.86. The largest absolute Gasteiger partial charge is 0.333 e. The molecule has 0 unspecified atom stereocenters. The number of carbonyl (C=O) groups is 1. The van der Waals surface area contributed by atoms with E-state index in [0.29, 0.717) is 23.4 Å². The molecule has 1 heterocycles. The maximum Gasteiger partial charge on any atom is 0.262 e. The summed E-state index contributed by atoms with van der Waals surface area (Å²) in [7, 11) is -3.68. The Hall–Kier alpha value is -2.38. The molecule has 2 aromatic rings. The lowest BCUT2D eigenvalue weighted by atomic mass is 10.1. The van der Waals surface area contributed by atoms with Crippen molar-refractivity contribution in [1.29, 1.82) is 0 Å². The van der Waals surface area contributed by atoms with E-state index in [1.165, 1.54) is 0 Å². The number of nitrogens with zero attached hydrogens (tertiary/aromatic N) is 1. The van der Waals surface area contributed by atoms with Gasteiger partial charge < -0.3 is 10.2 Å². The minimum atomic E-state index is -3.68. The number of amides is 1. The van der Waals surface area contributed by atoms with Crippen LogP contribution in [0.15, 0.2) is 47.4 Å². The van der Waals surface area contributed by atoms with Gasteiger partial charge in [-0.05, 0) is 62.2 Å². The van der Waals surface area contributed by atoms with Crippen molar-refractivity contribution in [2.75, 3.05) is 24.4 Å². The zero-order valence-corrected chi connectivity index (χ0v) is 16.6. The second-order valence-electron chi connectivity index (χ2n) is 7.00. The molecule has 2 aromatic carbocycles. The van der Waals surface area contributed by atoms with Crippen molar-refractivity contribution < 1.29 is 13.2 Å². The monoisotopic (exact) mass is 387 g/mol. The van der Waals surface area contributed by atoms with Gasteiger partial charge >= 0.3 is 0 Å². The summed E-state index contributed by atoms with van der Waals surface area (Å²) < 4.78 is 28.0. The molecule has 0 bridgehead atoms. The Morgan fingerprint density at radius 2 is 1.85 bits per heavy atom. The van der Waals surface area contributed by atoms with E-state index in [-0.39, 0.29) is 16.8 Å². The van der Waals surface area contributed by atoms with Gasteiger partial charge in [-0.2, -0.15) is 0 Å². The molecule has 7 heteroatoms. The van der Waals surface area contributed by atoms with E-state index in [9.17, 15) is 13.2 Å². The van der Waals surface area contributed by atoms with Crippen molar-refractivity contribution in [2.45, 2.75) is 31.7 Å². The number of hydrogen-bond donors (Lipinski definition) is 2. The molecule has 1 amide bonds. The zero-order chi connectivity index (χ0) is 19.6. The first kappa shape index (κ1) is 19.4. The molecule has 0 aromatic heterocycles. The lowest BCUT2D eigenvalue weighted by molar-refractivity contribution is 0.0656. The minimum Gasteiger partial charge on any atom is -0.333 e. The maximum atomic E-state index is 12.7. The van der Waals surface area contributed by atoms with Crippen LogP contribution < -0.4 is 10.0 Å². The molecule has 1 aliphatic heterocycles. The van der Waals surface area contributed by atoms with Gasteiger partial charge in [-0.25, -0.2) is 8.42 Å². The lowest BCUT2D eigenvalue weighted by Crippen LogP contribution is -2.52. The molecule has 1 aliphatic rings. The van der Waals surface area contributed by atoms with Crippen LogP contribution in [0.1, 0.15) is 28.4 Å². The zero-order valence-electron chi connectivity index (χ0n) is 15.8. The second-order valence-corrected chi connectivity index (χ2v) is 8.65. The van der Waals surface area contributed by atoms with Crippen LogP contribution in [0.25, 0.3) is 0 Å². The SMILES string of the molecule is Cc1ccc(C)c(S(=O)(=O)Nc2ccc(C(=O)N3CCNC[C@@H]3C)cc2)c1. The molecule has 3 rings (SSSR count). The van der Waals surface area contributed by atoms with E-state index in [0.717, 1.165) is 18.7 Å². The first-order chi connectivity index (χ1) is 12.8. The summed E-state index contributed by atoms with van der Waals surface area (Å²) in [4.78, 5) is 14.8. The molecular weight excluding hydrogens is 362 g/mol. The van der Waals surface area contributed by atoms with Crippen LogP contribution in [0.2, 0.25) is 0 Å². The number of benzene rings is 2. The summed E-state index contributed by atoms with van der Waals surface area (Å²) in [5.41, 5.74) is 2.55. The molecule has 27 heavy (non-hydrogen) atoms. The fourth-order valence-corrected chi connectivity index (χ4v) is 4.59. The number of carbonyl (C=O) groups excluding carboxylic acids is 1. The van der Waals surface area contributed by atoms with E-state index in [1.54, 1.807) is 43.3 Å². The molecule has 1 atom stereocenters. The normalized spacial score (nSPS) is 17.6. The van der Waals surface area contributed by atoms with Crippen molar-refractivity contribution in [2.24, 2.45) is 0 Å². The molecule has 1 fully saturated rings. The molecule has 1 saturated heterocycles. The number of sulfonamides is 1. The molecular formula is C20H25N3O3S. The van der Waals surface area contributed by atoms with Gasteiger partial charge in [0.25, 0.3) is 15.9 Å². The van der Waals surface area contributed by atoms with E-state index in [4.69, 9.17) is 0 Å². The summed E-state index contributed by atoms with van der Waals surface area (Å²) in [6.07, 6.45) is 0. The van der Waals surface area contributed by atoms with E-state index in [2.05, 4.69) is 10.0 Å². The van der Waals surface area contributed by atoms with Crippen molar-refractivity contribution in [1.82, 2.24) is 10.2 Å². The number of nitrogens with one attached hydrogen (secondary N) is 2. The van der Waals surface area contributed by atoms with Gasteiger partial charge in [0, 0.05) is 36.9 Å². The third kappa shape index (κ3) is 4.31. The molecule has 0 aliphatic carbocycles. The lowest BCUT2D eigenvalue weighted by Gasteiger charge is -2.34. The average molecular weight is 388 g/mol. The number of hydrogen-bond acceptors (Lipinski definition) is 4. The van der Waals surface area contributed by atoms with Gasteiger partial charge in [0.2, 0.25) is 0 Å². The summed E-state index contributed by atoms with van der Waals surface area (Å²) in [5.74, 6) is -0.0343. The highest BCUT2D eigenvalue weighted by atomic mass is 32.2. The van der Waals surface area contributed by atoms with Crippen LogP contribution >= 0.6 is 0 Å². The average Bonchev–Trinajstić information content (AvgIpc) is 2.64. The topological polar surface area (TPSA) is 78.5 Å². The summed E-state index contributed by atoms with van der Waals surface area (Å²) in [5, 5.41) is 3.26. The predicted octanol–water partition coefficient (Wildman–Crippen LogP) is 2.54. The number of rotatable bonds is 4. The highest BCUT2D eigenvalue weighted by molar-refractivity contribution is 7.92. The molecule has 6 nitrogen and oxygen atoms in total. The quantitative estimate of drug-likeness (QED) is 0.845. The van der Waals surface area contributed by atoms with E-state index < -0.39 is 10.0 Å². The highest BCUT2D eigenvalue weighted by Crippen LogP contribution is 2.21. The van der Waals surface area contributed by atoms with Gasteiger partial charge in [0.05, 0.1) is 4.90 Å². The van der Waals surface area contributed by atoms with Crippen molar-refractivity contribution >= 4 is 21.6 Å². The van der Waals surface area contributed by atoms with Crippen molar-refractivity contribution in [3.63, 3.8) is 0 Å². The van der Waals surface area contributed by atoms with Gasteiger partial charge in [-0.15, -0.1) is 0 Å². The maximum absolute atomic E-state index is 12.7. The fraction of sp³-hybridized carbons (Fsp3) is 0.350. The first-order valence-corrected chi connectivity index (χ1v) is 10.5.